The van der Waals surface area contributed by atoms with Crippen molar-refractivity contribution in [3.63, 3.8) is 0 Å². The summed E-state index contributed by atoms with van der Waals surface area (Å²) < 4.78 is 25.1. The van der Waals surface area contributed by atoms with E-state index in [1.807, 2.05) is 10.9 Å². The van der Waals surface area contributed by atoms with Crippen LogP contribution < -0.4 is 0 Å². The second-order valence-electron chi connectivity index (χ2n) is 4.90. The molecule has 102 valence electrons. The van der Waals surface area contributed by atoms with Crippen LogP contribution in [0.15, 0.2) is 6.20 Å². The first-order valence-electron chi connectivity index (χ1n) is 6.16. The lowest BCUT2D eigenvalue weighted by atomic mass is 9.95. The van der Waals surface area contributed by atoms with Crippen molar-refractivity contribution in [1.29, 1.82) is 0 Å². The van der Waals surface area contributed by atoms with Crippen LogP contribution in [0.4, 0.5) is 0 Å². The molecule has 1 heterocycles. The van der Waals surface area contributed by atoms with Gasteiger partial charge in [-0.05, 0) is 19.3 Å². The predicted octanol–water partition coefficient (Wildman–Crippen LogP) is 1.74. The standard InChI is InChI=1S/C11H18BrN3O2S/c1-18(16,17)11-4-2-3-10(7-11)15-8-9(5-6-12)13-14-15/h8,10-11H,2-7H2,1H3. The van der Waals surface area contributed by atoms with Crippen molar-refractivity contribution in [2.45, 2.75) is 43.4 Å². The first-order chi connectivity index (χ1) is 8.50. The highest BCUT2D eigenvalue weighted by molar-refractivity contribution is 9.09. The van der Waals surface area contributed by atoms with E-state index in [-0.39, 0.29) is 11.3 Å². The van der Waals surface area contributed by atoms with E-state index in [4.69, 9.17) is 0 Å². The second-order valence-corrected chi connectivity index (χ2v) is 8.02. The summed E-state index contributed by atoms with van der Waals surface area (Å²) in [6, 6.07) is 0.176. The van der Waals surface area contributed by atoms with Gasteiger partial charge in [0.05, 0.1) is 17.0 Å². The minimum atomic E-state index is -2.94. The molecule has 1 aliphatic rings. The van der Waals surface area contributed by atoms with Crippen molar-refractivity contribution in [2.75, 3.05) is 11.6 Å². The Hall–Kier alpha value is -0.430. The number of alkyl halides is 1. The molecule has 0 aliphatic heterocycles. The summed E-state index contributed by atoms with van der Waals surface area (Å²) in [5.74, 6) is 0. The zero-order chi connectivity index (χ0) is 13.2. The number of halogens is 1. The first-order valence-corrected chi connectivity index (χ1v) is 9.24. The van der Waals surface area contributed by atoms with Gasteiger partial charge in [0.2, 0.25) is 0 Å². The smallest absolute Gasteiger partial charge is 0.150 e. The van der Waals surface area contributed by atoms with E-state index >= 15 is 0 Å². The van der Waals surface area contributed by atoms with Crippen molar-refractivity contribution in [3.05, 3.63) is 11.9 Å². The zero-order valence-electron chi connectivity index (χ0n) is 10.4. The van der Waals surface area contributed by atoms with Crippen molar-refractivity contribution in [3.8, 4) is 0 Å². The van der Waals surface area contributed by atoms with Crippen LogP contribution in [-0.2, 0) is 16.3 Å². The van der Waals surface area contributed by atoms with E-state index in [0.29, 0.717) is 6.42 Å². The molecular formula is C11H18BrN3O2S. The predicted molar refractivity (Wildman–Crippen MR) is 73.7 cm³/mol. The molecule has 0 radical (unpaired) electrons. The topological polar surface area (TPSA) is 64.8 Å². The molecule has 1 aliphatic carbocycles. The fourth-order valence-electron chi connectivity index (χ4n) is 2.45. The van der Waals surface area contributed by atoms with Gasteiger partial charge in [0.1, 0.15) is 9.84 Å². The fourth-order valence-corrected chi connectivity index (χ4v) is 4.03. The molecule has 0 bridgehead atoms. The minimum Gasteiger partial charge on any atom is -0.249 e. The molecule has 1 aromatic heterocycles. The van der Waals surface area contributed by atoms with Crippen molar-refractivity contribution >= 4 is 25.8 Å². The lowest BCUT2D eigenvalue weighted by Gasteiger charge is -2.27. The molecule has 0 N–H and O–H groups in total. The maximum atomic E-state index is 11.6. The van der Waals surface area contributed by atoms with E-state index in [9.17, 15) is 8.42 Å². The van der Waals surface area contributed by atoms with E-state index in [1.54, 1.807) is 0 Å². The Labute approximate surface area is 116 Å². The highest BCUT2D eigenvalue weighted by Gasteiger charge is 2.30. The lowest BCUT2D eigenvalue weighted by molar-refractivity contribution is 0.324. The molecule has 1 fully saturated rings. The Morgan fingerprint density at radius 1 is 1.50 bits per heavy atom. The largest absolute Gasteiger partial charge is 0.249 e. The maximum absolute atomic E-state index is 11.6. The Morgan fingerprint density at radius 2 is 2.28 bits per heavy atom. The van der Waals surface area contributed by atoms with E-state index in [1.165, 1.54) is 6.26 Å². The molecule has 0 saturated heterocycles. The Bertz CT molecular complexity index is 500. The summed E-state index contributed by atoms with van der Waals surface area (Å²) in [6.45, 7) is 0. The van der Waals surface area contributed by atoms with E-state index < -0.39 is 9.84 Å². The third kappa shape index (κ3) is 3.32. The van der Waals surface area contributed by atoms with Gasteiger partial charge < -0.3 is 0 Å². The van der Waals surface area contributed by atoms with Gasteiger partial charge in [-0.1, -0.05) is 27.6 Å². The summed E-state index contributed by atoms with van der Waals surface area (Å²) in [6.07, 6.45) is 7.49. The summed E-state index contributed by atoms with van der Waals surface area (Å²) in [7, 11) is -2.94. The SMILES string of the molecule is CS(=O)(=O)C1CCCC(n2cc(CCBr)nn2)C1. The number of rotatable bonds is 4. The number of hydrogen-bond acceptors (Lipinski definition) is 4. The van der Waals surface area contributed by atoms with Gasteiger partial charge in [-0.3, -0.25) is 0 Å². The van der Waals surface area contributed by atoms with Gasteiger partial charge in [0.25, 0.3) is 0 Å². The first kappa shape index (κ1) is 14.0. The van der Waals surface area contributed by atoms with Crippen LogP contribution in [0.1, 0.15) is 37.4 Å². The van der Waals surface area contributed by atoms with Gasteiger partial charge in [0.15, 0.2) is 0 Å². The molecule has 0 amide bonds. The van der Waals surface area contributed by atoms with Crippen molar-refractivity contribution in [1.82, 2.24) is 15.0 Å². The molecule has 0 spiro atoms. The number of nitrogens with zero attached hydrogens (tertiary/aromatic N) is 3. The third-order valence-electron chi connectivity index (χ3n) is 3.49. The Balaban J connectivity index is 2.08. The monoisotopic (exact) mass is 335 g/mol. The van der Waals surface area contributed by atoms with Gasteiger partial charge >= 0.3 is 0 Å². The second kappa shape index (κ2) is 5.69. The highest BCUT2D eigenvalue weighted by Crippen LogP contribution is 2.31. The Morgan fingerprint density at radius 3 is 2.94 bits per heavy atom. The summed E-state index contributed by atoms with van der Waals surface area (Å²) in [4.78, 5) is 0. The maximum Gasteiger partial charge on any atom is 0.150 e. The fraction of sp³-hybridized carbons (Fsp3) is 0.818. The van der Waals surface area contributed by atoms with Crippen LogP contribution in [-0.4, -0.2) is 40.2 Å². The number of aromatic nitrogens is 3. The van der Waals surface area contributed by atoms with Crippen LogP contribution in [0.3, 0.4) is 0 Å². The quantitative estimate of drug-likeness (QED) is 0.786. The summed E-state index contributed by atoms with van der Waals surface area (Å²) in [5.41, 5.74) is 0.952. The zero-order valence-corrected chi connectivity index (χ0v) is 12.8. The normalized spacial score (nSPS) is 25.2. The van der Waals surface area contributed by atoms with Crippen molar-refractivity contribution < 1.29 is 8.42 Å². The molecule has 2 unspecified atom stereocenters. The van der Waals surface area contributed by atoms with Gasteiger partial charge in [-0.2, -0.15) is 0 Å². The number of sulfone groups is 1. The number of aryl methyl sites for hydroxylation is 1. The molecule has 18 heavy (non-hydrogen) atoms. The van der Waals surface area contributed by atoms with Crippen molar-refractivity contribution in [2.24, 2.45) is 0 Å². The van der Waals surface area contributed by atoms with Crippen LogP contribution in [0.5, 0.6) is 0 Å². The van der Waals surface area contributed by atoms with Crippen LogP contribution in [0.25, 0.3) is 0 Å². The average molecular weight is 336 g/mol. The summed E-state index contributed by atoms with van der Waals surface area (Å²) in [5, 5.41) is 8.87. The van der Waals surface area contributed by atoms with E-state index in [0.717, 1.165) is 36.7 Å². The molecule has 5 nitrogen and oxygen atoms in total. The van der Waals surface area contributed by atoms with Gasteiger partial charge in [-0.15, -0.1) is 5.10 Å². The van der Waals surface area contributed by atoms with Gasteiger partial charge in [-0.25, -0.2) is 13.1 Å². The highest BCUT2D eigenvalue weighted by atomic mass is 79.9. The molecule has 1 aromatic rings. The van der Waals surface area contributed by atoms with E-state index in [2.05, 4.69) is 26.2 Å². The molecule has 0 aromatic carbocycles. The molecule has 2 atom stereocenters. The van der Waals surface area contributed by atoms with Crippen LogP contribution in [0.2, 0.25) is 0 Å². The average Bonchev–Trinajstić information content (AvgIpc) is 2.77. The molecule has 2 rings (SSSR count). The van der Waals surface area contributed by atoms with Crippen LogP contribution >= 0.6 is 15.9 Å². The Kier molecular flexibility index (Phi) is 4.42. The molecule has 1 saturated carbocycles. The molecule has 7 heteroatoms. The summed E-state index contributed by atoms with van der Waals surface area (Å²) >= 11 is 3.37. The third-order valence-corrected chi connectivity index (χ3v) is 5.52. The minimum absolute atomic E-state index is 0.176. The van der Waals surface area contributed by atoms with Crippen LogP contribution in [0, 0.1) is 0 Å². The molecular weight excluding hydrogens is 318 g/mol. The lowest BCUT2D eigenvalue weighted by Crippen LogP contribution is -2.29. The van der Waals surface area contributed by atoms with Gasteiger partial charge in [0, 0.05) is 24.2 Å². The number of hydrogen-bond donors (Lipinski definition) is 0.